The molecule has 0 saturated heterocycles. The molecular weight excluding hydrogens is 292 g/mol. The number of carbonyl (C=O) groups is 1. The molecule has 124 valence electrons. The third-order valence-corrected chi connectivity index (χ3v) is 5.67. The summed E-state index contributed by atoms with van der Waals surface area (Å²) in [6.07, 6.45) is 5.49. The summed E-state index contributed by atoms with van der Waals surface area (Å²) in [6, 6.07) is 0.0321. The first-order valence-corrected chi connectivity index (χ1v) is 9.13. The second-order valence-electron chi connectivity index (χ2n) is 6.33. The lowest BCUT2D eigenvalue weighted by Crippen LogP contribution is -2.46. The number of carboxylic acids is 1. The minimum Gasteiger partial charge on any atom is -0.481 e. The van der Waals surface area contributed by atoms with Crippen LogP contribution in [0.5, 0.6) is 0 Å². The maximum absolute atomic E-state index is 12.3. The molecule has 0 aromatic carbocycles. The van der Waals surface area contributed by atoms with Crippen LogP contribution in [0.3, 0.4) is 0 Å². The van der Waals surface area contributed by atoms with E-state index in [2.05, 4.69) is 4.72 Å². The van der Waals surface area contributed by atoms with E-state index < -0.39 is 22.1 Å². The lowest BCUT2D eigenvalue weighted by atomic mass is 9.96. The zero-order chi connectivity index (χ0) is 16.0. The summed E-state index contributed by atoms with van der Waals surface area (Å²) < 4.78 is 28.4. The smallest absolute Gasteiger partial charge is 0.307 e. The van der Waals surface area contributed by atoms with Crippen molar-refractivity contribution in [2.75, 3.05) is 13.6 Å². The van der Waals surface area contributed by atoms with Crippen molar-refractivity contribution in [3.05, 3.63) is 0 Å². The zero-order valence-corrected chi connectivity index (χ0v) is 14.0. The van der Waals surface area contributed by atoms with Crippen molar-refractivity contribution in [1.29, 1.82) is 0 Å². The van der Waals surface area contributed by atoms with E-state index in [9.17, 15) is 13.2 Å². The molecule has 1 aliphatic rings. The lowest BCUT2D eigenvalue weighted by Gasteiger charge is -2.30. The van der Waals surface area contributed by atoms with Crippen LogP contribution in [0.25, 0.3) is 0 Å². The molecule has 1 aliphatic carbocycles. The van der Waals surface area contributed by atoms with Crippen molar-refractivity contribution in [2.24, 2.45) is 11.8 Å². The molecule has 0 heterocycles. The van der Waals surface area contributed by atoms with Gasteiger partial charge in [-0.25, -0.2) is 4.72 Å². The minimum absolute atomic E-state index is 0.0321. The molecular formula is C14H28N2O4S. The van der Waals surface area contributed by atoms with Crippen LogP contribution in [-0.2, 0) is 15.0 Å². The van der Waals surface area contributed by atoms with Crippen molar-refractivity contribution in [3.8, 4) is 0 Å². The molecule has 6 nitrogen and oxygen atoms in total. The van der Waals surface area contributed by atoms with Crippen LogP contribution in [0.2, 0.25) is 0 Å². The van der Waals surface area contributed by atoms with Gasteiger partial charge in [0.2, 0.25) is 0 Å². The molecule has 1 atom stereocenters. The number of hydrogen-bond acceptors (Lipinski definition) is 3. The Kier molecular flexibility index (Phi) is 7.09. The van der Waals surface area contributed by atoms with Crippen molar-refractivity contribution in [1.82, 2.24) is 9.03 Å². The van der Waals surface area contributed by atoms with Gasteiger partial charge in [-0.15, -0.1) is 0 Å². The van der Waals surface area contributed by atoms with E-state index in [0.29, 0.717) is 6.42 Å². The van der Waals surface area contributed by atoms with Gasteiger partial charge < -0.3 is 5.11 Å². The van der Waals surface area contributed by atoms with Crippen molar-refractivity contribution in [3.63, 3.8) is 0 Å². The first-order chi connectivity index (χ1) is 9.74. The Labute approximate surface area is 128 Å². The fourth-order valence-electron chi connectivity index (χ4n) is 2.79. The summed E-state index contributed by atoms with van der Waals surface area (Å²) in [5, 5.41) is 9.16. The van der Waals surface area contributed by atoms with Crippen LogP contribution < -0.4 is 4.72 Å². The first-order valence-electron chi connectivity index (χ1n) is 7.69. The largest absolute Gasteiger partial charge is 0.481 e. The van der Waals surface area contributed by atoms with Gasteiger partial charge in [-0.2, -0.15) is 12.7 Å². The number of rotatable bonds is 8. The van der Waals surface area contributed by atoms with Gasteiger partial charge in [-0.05, 0) is 25.2 Å². The van der Waals surface area contributed by atoms with Gasteiger partial charge in [0.25, 0.3) is 10.2 Å². The van der Waals surface area contributed by atoms with E-state index in [4.69, 9.17) is 5.11 Å². The Bertz CT molecular complexity index is 430. The average molecular weight is 320 g/mol. The highest BCUT2D eigenvalue weighted by Gasteiger charge is 2.29. The number of hydrogen-bond donors (Lipinski definition) is 2. The normalized spacial score (nSPS) is 19.1. The molecule has 0 aliphatic heterocycles. The summed E-state index contributed by atoms with van der Waals surface area (Å²) >= 11 is 0. The van der Waals surface area contributed by atoms with Gasteiger partial charge in [-0.1, -0.05) is 33.1 Å². The Morgan fingerprint density at radius 3 is 2.33 bits per heavy atom. The Morgan fingerprint density at radius 1 is 1.29 bits per heavy atom. The van der Waals surface area contributed by atoms with Crippen LogP contribution in [-0.4, -0.2) is 43.4 Å². The molecule has 7 heteroatoms. The Hall–Kier alpha value is -0.660. The molecule has 1 rings (SSSR count). The fraction of sp³-hybridized carbons (Fsp3) is 0.929. The van der Waals surface area contributed by atoms with E-state index in [1.165, 1.54) is 4.31 Å². The Morgan fingerprint density at radius 2 is 1.86 bits per heavy atom. The summed E-state index contributed by atoms with van der Waals surface area (Å²) in [6.45, 7) is 3.81. The lowest BCUT2D eigenvalue weighted by molar-refractivity contribution is -0.142. The monoisotopic (exact) mass is 320 g/mol. The second kappa shape index (κ2) is 8.10. The topological polar surface area (TPSA) is 86.7 Å². The van der Waals surface area contributed by atoms with E-state index >= 15 is 0 Å². The molecule has 0 aromatic heterocycles. The van der Waals surface area contributed by atoms with Gasteiger partial charge in [0, 0.05) is 19.6 Å². The summed E-state index contributed by atoms with van der Waals surface area (Å²) in [5.74, 6) is -1.42. The SMILES string of the molecule is CC(C)CC(CNS(=O)(=O)N(C)C1CCCCC1)C(=O)O. The predicted octanol–water partition coefficient (Wildman–Crippen LogP) is 1.83. The number of aliphatic carboxylic acids is 1. The molecule has 0 amide bonds. The molecule has 0 aromatic rings. The van der Waals surface area contributed by atoms with Crippen LogP contribution in [0.15, 0.2) is 0 Å². The van der Waals surface area contributed by atoms with E-state index in [-0.39, 0.29) is 18.5 Å². The number of carboxylic acid groups (broad SMARTS) is 1. The zero-order valence-electron chi connectivity index (χ0n) is 13.2. The molecule has 0 radical (unpaired) electrons. The van der Waals surface area contributed by atoms with E-state index in [1.807, 2.05) is 13.8 Å². The first kappa shape index (κ1) is 18.4. The fourth-order valence-corrected chi connectivity index (χ4v) is 4.01. The maximum Gasteiger partial charge on any atom is 0.307 e. The number of nitrogens with one attached hydrogen (secondary N) is 1. The standard InChI is InChI=1S/C14H28N2O4S/c1-11(2)9-12(14(17)18)10-15-21(19,20)16(3)13-7-5-4-6-8-13/h11-13,15H,4-10H2,1-3H3,(H,17,18). The third-order valence-electron chi connectivity index (χ3n) is 4.09. The average Bonchev–Trinajstić information content (AvgIpc) is 2.43. The Balaban J connectivity index is 2.59. The van der Waals surface area contributed by atoms with Crippen LogP contribution >= 0.6 is 0 Å². The molecule has 0 spiro atoms. The quantitative estimate of drug-likeness (QED) is 0.714. The predicted molar refractivity (Wildman–Crippen MR) is 82.1 cm³/mol. The van der Waals surface area contributed by atoms with Crippen molar-refractivity contribution in [2.45, 2.75) is 58.4 Å². The number of nitrogens with zero attached hydrogens (tertiary/aromatic N) is 1. The van der Waals surface area contributed by atoms with E-state index in [0.717, 1.165) is 32.1 Å². The van der Waals surface area contributed by atoms with Crippen LogP contribution in [0, 0.1) is 11.8 Å². The van der Waals surface area contributed by atoms with Gasteiger partial charge >= 0.3 is 5.97 Å². The third kappa shape index (κ3) is 5.92. The molecule has 21 heavy (non-hydrogen) atoms. The van der Waals surface area contributed by atoms with Gasteiger partial charge in [-0.3, -0.25) is 4.79 Å². The second-order valence-corrected chi connectivity index (χ2v) is 8.14. The van der Waals surface area contributed by atoms with Gasteiger partial charge in [0.05, 0.1) is 5.92 Å². The minimum atomic E-state index is -3.60. The van der Waals surface area contributed by atoms with Crippen molar-refractivity contribution >= 4 is 16.2 Å². The highest BCUT2D eigenvalue weighted by Crippen LogP contribution is 2.23. The molecule has 1 unspecified atom stereocenters. The van der Waals surface area contributed by atoms with Gasteiger partial charge in [0.15, 0.2) is 0 Å². The highest BCUT2D eigenvalue weighted by molar-refractivity contribution is 7.87. The van der Waals surface area contributed by atoms with Gasteiger partial charge in [0.1, 0.15) is 0 Å². The molecule has 1 saturated carbocycles. The van der Waals surface area contributed by atoms with Crippen molar-refractivity contribution < 1.29 is 18.3 Å². The van der Waals surface area contributed by atoms with E-state index in [1.54, 1.807) is 7.05 Å². The molecule has 1 fully saturated rings. The summed E-state index contributed by atoms with van der Waals surface area (Å²) in [5.41, 5.74) is 0. The molecule has 0 bridgehead atoms. The summed E-state index contributed by atoms with van der Waals surface area (Å²) in [4.78, 5) is 11.2. The van der Waals surface area contributed by atoms with Crippen LogP contribution in [0.1, 0.15) is 52.4 Å². The summed E-state index contributed by atoms with van der Waals surface area (Å²) in [7, 11) is -2.02. The van der Waals surface area contributed by atoms with Crippen LogP contribution in [0.4, 0.5) is 0 Å². The molecule has 2 N–H and O–H groups in total. The highest BCUT2D eigenvalue weighted by atomic mass is 32.2. The maximum atomic E-state index is 12.3.